The Morgan fingerprint density at radius 2 is 1.67 bits per heavy atom. The van der Waals surface area contributed by atoms with Crippen molar-refractivity contribution < 1.29 is 0 Å². The minimum absolute atomic E-state index is 0.631. The van der Waals surface area contributed by atoms with Gasteiger partial charge < -0.3 is 0 Å². The fourth-order valence-corrected chi connectivity index (χ4v) is 4.55. The predicted molar refractivity (Wildman–Crippen MR) is 91.6 cm³/mol. The maximum atomic E-state index is 2.63. The fraction of sp³-hybridized carbons (Fsp3) is 0.368. The molecule has 1 nitrogen and oxygen atoms in total. The van der Waals surface area contributed by atoms with Gasteiger partial charge in [0.2, 0.25) is 0 Å². The van der Waals surface area contributed by atoms with Gasteiger partial charge in [-0.15, -0.1) is 11.8 Å². The third-order valence-corrected chi connectivity index (χ3v) is 5.53. The number of rotatable bonds is 5. The Hall–Kier alpha value is -1.25. The zero-order chi connectivity index (χ0) is 14.5. The van der Waals surface area contributed by atoms with E-state index in [2.05, 4.69) is 72.5 Å². The molecular formula is C19H23NS. The molecule has 0 aromatic heterocycles. The molecule has 0 radical (unpaired) electrons. The molecule has 1 fully saturated rings. The summed E-state index contributed by atoms with van der Waals surface area (Å²) in [5, 5.41) is 0.631. The van der Waals surface area contributed by atoms with Gasteiger partial charge in [-0.05, 0) is 43.0 Å². The van der Waals surface area contributed by atoms with Crippen molar-refractivity contribution in [3.63, 3.8) is 0 Å². The Morgan fingerprint density at radius 1 is 1.00 bits per heavy atom. The second kappa shape index (κ2) is 7.15. The van der Waals surface area contributed by atoms with E-state index in [1.54, 1.807) is 0 Å². The first-order valence-corrected chi connectivity index (χ1v) is 8.73. The zero-order valence-electron chi connectivity index (χ0n) is 12.6. The lowest BCUT2D eigenvalue weighted by atomic mass is 9.99. The molecule has 21 heavy (non-hydrogen) atoms. The molecule has 1 heterocycles. The molecule has 2 heteroatoms. The maximum absolute atomic E-state index is 2.63. The molecule has 0 saturated carbocycles. The van der Waals surface area contributed by atoms with Crippen molar-refractivity contribution in [2.45, 2.75) is 30.0 Å². The Bertz CT molecular complexity index is 540. The van der Waals surface area contributed by atoms with Crippen molar-refractivity contribution in [2.24, 2.45) is 5.92 Å². The maximum Gasteiger partial charge on any atom is 0.0607 e. The Labute approximate surface area is 132 Å². The summed E-state index contributed by atoms with van der Waals surface area (Å²) in [6.45, 7) is 4.66. The predicted octanol–water partition coefficient (Wildman–Crippen LogP) is 4.69. The highest BCUT2D eigenvalue weighted by Gasteiger charge is 2.31. The summed E-state index contributed by atoms with van der Waals surface area (Å²) in [7, 11) is 0. The Morgan fingerprint density at radius 3 is 2.33 bits per heavy atom. The Balaban J connectivity index is 1.63. The van der Waals surface area contributed by atoms with Gasteiger partial charge in [0.05, 0.1) is 5.37 Å². The van der Waals surface area contributed by atoms with E-state index in [9.17, 15) is 0 Å². The summed E-state index contributed by atoms with van der Waals surface area (Å²) in [6, 6.07) is 21.7. The minimum atomic E-state index is 0.631. The molecule has 0 spiro atoms. The molecule has 1 aliphatic heterocycles. The number of benzene rings is 2. The molecule has 2 unspecified atom stereocenters. The normalized spacial score (nSPS) is 22.5. The molecular weight excluding hydrogens is 274 g/mol. The summed E-state index contributed by atoms with van der Waals surface area (Å²) in [5.41, 5.74) is 1.48. The van der Waals surface area contributed by atoms with Crippen LogP contribution < -0.4 is 0 Å². The lowest BCUT2D eigenvalue weighted by Crippen LogP contribution is -2.26. The topological polar surface area (TPSA) is 3.24 Å². The van der Waals surface area contributed by atoms with Gasteiger partial charge in [0.1, 0.15) is 0 Å². The molecule has 0 N–H and O–H groups in total. The fourth-order valence-electron chi connectivity index (χ4n) is 3.16. The summed E-state index contributed by atoms with van der Waals surface area (Å²) in [5.74, 6) is 0.786. The lowest BCUT2D eigenvalue weighted by Gasteiger charge is -2.21. The van der Waals surface area contributed by atoms with Crippen molar-refractivity contribution in [3.8, 4) is 0 Å². The van der Waals surface area contributed by atoms with Crippen LogP contribution >= 0.6 is 11.8 Å². The standard InChI is InChI=1S/C19H23NS/c1-2-20-15-17(13-16-9-5-3-6-10-16)14-19(20)21-18-11-7-4-8-12-18/h3-12,17,19H,2,13-15H2,1H3. The molecule has 2 aromatic carbocycles. The lowest BCUT2D eigenvalue weighted by molar-refractivity contribution is 0.323. The van der Waals surface area contributed by atoms with Crippen LogP contribution in [0.25, 0.3) is 0 Å². The van der Waals surface area contributed by atoms with E-state index >= 15 is 0 Å². The second-order valence-electron chi connectivity index (χ2n) is 5.76. The van der Waals surface area contributed by atoms with Crippen LogP contribution in [0.1, 0.15) is 18.9 Å². The van der Waals surface area contributed by atoms with E-state index in [-0.39, 0.29) is 0 Å². The van der Waals surface area contributed by atoms with E-state index in [1.165, 1.54) is 29.8 Å². The number of hydrogen-bond donors (Lipinski definition) is 0. The van der Waals surface area contributed by atoms with Gasteiger partial charge >= 0.3 is 0 Å². The van der Waals surface area contributed by atoms with Crippen molar-refractivity contribution >= 4 is 11.8 Å². The van der Waals surface area contributed by atoms with E-state index in [1.807, 2.05) is 11.8 Å². The SMILES string of the molecule is CCN1CC(Cc2ccccc2)CC1Sc1ccccc1. The van der Waals surface area contributed by atoms with E-state index in [0.717, 1.165) is 12.5 Å². The first-order valence-electron chi connectivity index (χ1n) is 7.85. The molecule has 2 atom stereocenters. The van der Waals surface area contributed by atoms with Crippen LogP contribution in [0.5, 0.6) is 0 Å². The van der Waals surface area contributed by atoms with Gasteiger partial charge in [-0.3, -0.25) is 4.90 Å². The van der Waals surface area contributed by atoms with Crippen LogP contribution in [-0.4, -0.2) is 23.4 Å². The average Bonchev–Trinajstić information content (AvgIpc) is 2.91. The van der Waals surface area contributed by atoms with Crippen LogP contribution in [0.3, 0.4) is 0 Å². The van der Waals surface area contributed by atoms with Gasteiger partial charge in [0.15, 0.2) is 0 Å². The highest BCUT2D eigenvalue weighted by atomic mass is 32.2. The Kier molecular flexibility index (Phi) is 5.00. The van der Waals surface area contributed by atoms with Crippen molar-refractivity contribution in [3.05, 3.63) is 66.2 Å². The van der Waals surface area contributed by atoms with Crippen molar-refractivity contribution in [2.75, 3.05) is 13.1 Å². The molecule has 0 amide bonds. The monoisotopic (exact) mass is 297 g/mol. The highest BCUT2D eigenvalue weighted by Crippen LogP contribution is 2.36. The quantitative estimate of drug-likeness (QED) is 0.787. The third kappa shape index (κ3) is 3.90. The summed E-state index contributed by atoms with van der Waals surface area (Å²) >= 11 is 2.02. The van der Waals surface area contributed by atoms with Gasteiger partial charge in [-0.1, -0.05) is 55.5 Å². The molecule has 1 aliphatic rings. The number of likely N-dealkylation sites (tertiary alicyclic amines) is 1. The minimum Gasteiger partial charge on any atom is -0.291 e. The summed E-state index contributed by atoms with van der Waals surface area (Å²) < 4.78 is 0. The average molecular weight is 297 g/mol. The van der Waals surface area contributed by atoms with Gasteiger partial charge in [0, 0.05) is 11.4 Å². The molecule has 0 aliphatic carbocycles. The molecule has 2 aromatic rings. The first kappa shape index (κ1) is 14.7. The first-order chi connectivity index (χ1) is 10.3. The van der Waals surface area contributed by atoms with Crippen molar-refractivity contribution in [1.82, 2.24) is 4.90 Å². The van der Waals surface area contributed by atoms with Crippen LogP contribution in [0, 0.1) is 5.92 Å². The van der Waals surface area contributed by atoms with E-state index < -0.39 is 0 Å². The molecule has 3 rings (SSSR count). The smallest absolute Gasteiger partial charge is 0.0607 e. The van der Waals surface area contributed by atoms with Crippen LogP contribution in [0.4, 0.5) is 0 Å². The molecule has 0 bridgehead atoms. The highest BCUT2D eigenvalue weighted by molar-refractivity contribution is 7.99. The zero-order valence-corrected chi connectivity index (χ0v) is 13.4. The summed E-state index contributed by atoms with van der Waals surface area (Å²) in [4.78, 5) is 4.02. The van der Waals surface area contributed by atoms with Crippen LogP contribution in [-0.2, 0) is 6.42 Å². The van der Waals surface area contributed by atoms with Gasteiger partial charge in [-0.25, -0.2) is 0 Å². The van der Waals surface area contributed by atoms with Gasteiger partial charge in [0.25, 0.3) is 0 Å². The molecule has 110 valence electrons. The van der Waals surface area contributed by atoms with Crippen LogP contribution in [0.15, 0.2) is 65.6 Å². The number of thioether (sulfide) groups is 1. The molecule has 1 saturated heterocycles. The van der Waals surface area contributed by atoms with Gasteiger partial charge in [-0.2, -0.15) is 0 Å². The number of nitrogens with zero attached hydrogens (tertiary/aromatic N) is 1. The third-order valence-electron chi connectivity index (χ3n) is 4.22. The largest absolute Gasteiger partial charge is 0.291 e. The van der Waals surface area contributed by atoms with E-state index in [4.69, 9.17) is 0 Å². The van der Waals surface area contributed by atoms with Crippen molar-refractivity contribution in [1.29, 1.82) is 0 Å². The second-order valence-corrected chi connectivity index (χ2v) is 7.02. The van der Waals surface area contributed by atoms with E-state index in [0.29, 0.717) is 5.37 Å². The van der Waals surface area contributed by atoms with Crippen LogP contribution in [0.2, 0.25) is 0 Å². The number of hydrogen-bond acceptors (Lipinski definition) is 2. The summed E-state index contributed by atoms with van der Waals surface area (Å²) in [6.07, 6.45) is 2.51.